The molecule has 0 radical (unpaired) electrons. The summed E-state index contributed by atoms with van der Waals surface area (Å²) in [7, 11) is 0. The van der Waals surface area contributed by atoms with E-state index in [0.717, 1.165) is 55.1 Å². The Morgan fingerprint density at radius 1 is 0.275 bits per heavy atom. The second kappa shape index (κ2) is 10.8. The Kier molecular flexibility index (Phi) is 5.96. The molecular formula is C48H29NO2. The van der Waals surface area contributed by atoms with E-state index >= 15 is 0 Å². The summed E-state index contributed by atoms with van der Waals surface area (Å²) in [5.41, 5.74) is 14.0. The van der Waals surface area contributed by atoms with E-state index in [1.54, 1.807) is 0 Å². The van der Waals surface area contributed by atoms with Crippen LogP contribution in [-0.4, -0.2) is 4.57 Å². The van der Waals surface area contributed by atoms with E-state index in [9.17, 15) is 0 Å². The molecule has 3 nitrogen and oxygen atoms in total. The molecule has 8 aromatic carbocycles. The van der Waals surface area contributed by atoms with Gasteiger partial charge in [0.15, 0.2) is 0 Å². The Balaban J connectivity index is 1.13. The fourth-order valence-electron chi connectivity index (χ4n) is 7.94. The van der Waals surface area contributed by atoms with Crippen LogP contribution in [0.5, 0.6) is 0 Å². The molecule has 51 heavy (non-hydrogen) atoms. The van der Waals surface area contributed by atoms with E-state index in [-0.39, 0.29) is 0 Å². The summed E-state index contributed by atoms with van der Waals surface area (Å²) in [6.45, 7) is 0. The van der Waals surface area contributed by atoms with Gasteiger partial charge in [0.05, 0.1) is 11.0 Å². The predicted molar refractivity (Wildman–Crippen MR) is 212 cm³/mol. The van der Waals surface area contributed by atoms with Gasteiger partial charge in [0.25, 0.3) is 0 Å². The lowest BCUT2D eigenvalue weighted by molar-refractivity contribution is 0.656. The molecule has 3 heterocycles. The van der Waals surface area contributed by atoms with Crippen LogP contribution in [0.1, 0.15) is 0 Å². The third-order valence-corrected chi connectivity index (χ3v) is 10.4. The van der Waals surface area contributed by atoms with Gasteiger partial charge in [-0.05, 0) is 94.0 Å². The summed E-state index contributed by atoms with van der Waals surface area (Å²) >= 11 is 0. The quantitative estimate of drug-likeness (QED) is 0.190. The normalized spacial score (nSPS) is 11.9. The first-order valence-electron chi connectivity index (χ1n) is 17.3. The SMILES string of the molecule is c1ccc(-c2cc(-c3ccccc3)cc(-c3ccc4c5ccccc5n(-c5ccc6oc7cc8oc9ccccc9c8cc7c6c5)c4c3)c2)cc1. The summed E-state index contributed by atoms with van der Waals surface area (Å²) < 4.78 is 15.0. The average molecular weight is 652 g/mol. The van der Waals surface area contributed by atoms with Gasteiger partial charge in [0.2, 0.25) is 0 Å². The smallest absolute Gasteiger partial charge is 0.139 e. The summed E-state index contributed by atoms with van der Waals surface area (Å²) in [6, 6.07) is 62.9. The van der Waals surface area contributed by atoms with Gasteiger partial charge in [-0.25, -0.2) is 0 Å². The lowest BCUT2D eigenvalue weighted by Crippen LogP contribution is -1.94. The van der Waals surface area contributed by atoms with Crippen LogP contribution in [0, 0.1) is 0 Å². The van der Waals surface area contributed by atoms with Gasteiger partial charge in [0, 0.05) is 44.1 Å². The number of fused-ring (bicyclic) bond motifs is 9. The molecule has 0 amide bonds. The first-order valence-corrected chi connectivity index (χ1v) is 17.3. The van der Waals surface area contributed by atoms with Gasteiger partial charge < -0.3 is 13.4 Å². The minimum Gasteiger partial charge on any atom is -0.456 e. The summed E-state index contributed by atoms with van der Waals surface area (Å²) in [5.74, 6) is 0. The maximum Gasteiger partial charge on any atom is 0.139 e. The number of nitrogens with zero attached hydrogens (tertiary/aromatic N) is 1. The second-order valence-electron chi connectivity index (χ2n) is 13.3. The van der Waals surface area contributed by atoms with Crippen molar-refractivity contribution in [2.45, 2.75) is 0 Å². The minimum absolute atomic E-state index is 0.825. The molecule has 11 aromatic rings. The monoisotopic (exact) mass is 651 g/mol. The molecule has 0 N–H and O–H groups in total. The van der Waals surface area contributed by atoms with E-state index in [1.165, 1.54) is 49.7 Å². The highest BCUT2D eigenvalue weighted by molar-refractivity contribution is 6.16. The minimum atomic E-state index is 0.825. The molecule has 0 atom stereocenters. The van der Waals surface area contributed by atoms with E-state index in [4.69, 9.17) is 8.83 Å². The Morgan fingerprint density at radius 2 is 0.824 bits per heavy atom. The van der Waals surface area contributed by atoms with Crippen LogP contribution >= 0.6 is 0 Å². The number of para-hydroxylation sites is 2. The van der Waals surface area contributed by atoms with Gasteiger partial charge in [-0.3, -0.25) is 0 Å². The molecule has 11 rings (SSSR count). The zero-order valence-electron chi connectivity index (χ0n) is 27.5. The molecule has 238 valence electrons. The third-order valence-electron chi connectivity index (χ3n) is 10.4. The number of rotatable bonds is 4. The Morgan fingerprint density at radius 3 is 1.55 bits per heavy atom. The summed E-state index contributed by atoms with van der Waals surface area (Å²) in [6.07, 6.45) is 0. The van der Waals surface area contributed by atoms with Gasteiger partial charge >= 0.3 is 0 Å². The summed E-state index contributed by atoms with van der Waals surface area (Å²) in [4.78, 5) is 0. The molecule has 3 heteroatoms. The molecule has 0 aliphatic carbocycles. The topological polar surface area (TPSA) is 31.2 Å². The Labute approximate surface area is 293 Å². The van der Waals surface area contributed by atoms with Crippen LogP contribution < -0.4 is 0 Å². The van der Waals surface area contributed by atoms with E-state index in [2.05, 4.69) is 162 Å². The predicted octanol–water partition coefficient (Wildman–Crippen LogP) is 13.6. The number of hydrogen-bond acceptors (Lipinski definition) is 2. The van der Waals surface area contributed by atoms with Crippen LogP contribution in [0.4, 0.5) is 0 Å². The summed E-state index contributed by atoms with van der Waals surface area (Å²) in [5, 5.41) is 6.83. The molecule has 0 aliphatic rings. The fourth-order valence-corrected chi connectivity index (χ4v) is 7.94. The van der Waals surface area contributed by atoms with E-state index in [1.807, 2.05) is 18.2 Å². The highest BCUT2D eigenvalue weighted by Gasteiger charge is 2.18. The standard InChI is InChI=1S/C48H29NO2/c1-3-11-30(12-4-1)33-23-34(31-13-5-2-6-14-31)25-35(24-33)32-19-21-38-37-15-7-9-17-43(37)49(44(38)26-32)36-20-22-46-40(27-36)42-28-41-39-16-8-10-18-45(39)50-47(41)29-48(42)51-46/h1-29H. The van der Waals surface area contributed by atoms with Crippen molar-refractivity contribution >= 4 is 65.7 Å². The van der Waals surface area contributed by atoms with Crippen molar-refractivity contribution in [2.75, 3.05) is 0 Å². The highest BCUT2D eigenvalue weighted by Crippen LogP contribution is 2.40. The first-order chi connectivity index (χ1) is 25.2. The largest absolute Gasteiger partial charge is 0.456 e. The number of furan rings is 2. The molecule has 3 aromatic heterocycles. The van der Waals surface area contributed by atoms with Crippen molar-refractivity contribution in [3.8, 4) is 39.1 Å². The van der Waals surface area contributed by atoms with Gasteiger partial charge in [0.1, 0.15) is 22.3 Å². The van der Waals surface area contributed by atoms with Crippen molar-refractivity contribution in [3.05, 3.63) is 176 Å². The zero-order chi connectivity index (χ0) is 33.5. The van der Waals surface area contributed by atoms with Gasteiger partial charge in [-0.2, -0.15) is 0 Å². The van der Waals surface area contributed by atoms with Crippen LogP contribution in [0.15, 0.2) is 185 Å². The van der Waals surface area contributed by atoms with E-state index in [0.29, 0.717) is 0 Å². The van der Waals surface area contributed by atoms with Crippen molar-refractivity contribution < 1.29 is 8.83 Å². The van der Waals surface area contributed by atoms with Crippen molar-refractivity contribution in [1.82, 2.24) is 4.57 Å². The Bertz CT molecular complexity index is 3070. The zero-order valence-corrected chi connectivity index (χ0v) is 27.5. The van der Waals surface area contributed by atoms with Crippen LogP contribution in [0.2, 0.25) is 0 Å². The van der Waals surface area contributed by atoms with Crippen LogP contribution in [0.3, 0.4) is 0 Å². The molecule has 0 aliphatic heterocycles. The van der Waals surface area contributed by atoms with Crippen LogP contribution in [0.25, 0.3) is 105 Å². The lowest BCUT2D eigenvalue weighted by Gasteiger charge is -2.13. The van der Waals surface area contributed by atoms with Crippen molar-refractivity contribution in [1.29, 1.82) is 0 Å². The number of benzene rings is 8. The van der Waals surface area contributed by atoms with Gasteiger partial charge in [-0.1, -0.05) is 109 Å². The average Bonchev–Trinajstić information content (AvgIpc) is 3.85. The molecule has 0 unspecified atom stereocenters. The third kappa shape index (κ3) is 4.38. The molecular weight excluding hydrogens is 623 g/mol. The lowest BCUT2D eigenvalue weighted by atomic mass is 9.93. The molecule has 0 fully saturated rings. The molecule has 0 saturated carbocycles. The highest BCUT2D eigenvalue weighted by atomic mass is 16.3. The maximum atomic E-state index is 6.41. The van der Waals surface area contributed by atoms with Crippen molar-refractivity contribution in [3.63, 3.8) is 0 Å². The van der Waals surface area contributed by atoms with Gasteiger partial charge in [-0.15, -0.1) is 0 Å². The number of hydrogen-bond donors (Lipinski definition) is 0. The molecule has 0 bridgehead atoms. The fraction of sp³-hybridized carbons (Fsp3) is 0. The first kappa shape index (κ1) is 28.0. The maximum absolute atomic E-state index is 6.41. The van der Waals surface area contributed by atoms with E-state index < -0.39 is 0 Å². The molecule has 0 saturated heterocycles. The van der Waals surface area contributed by atoms with Crippen LogP contribution in [-0.2, 0) is 0 Å². The second-order valence-corrected chi connectivity index (χ2v) is 13.3. The van der Waals surface area contributed by atoms with Crippen molar-refractivity contribution in [2.24, 2.45) is 0 Å². The Hall–Kier alpha value is -6.84. The molecule has 0 spiro atoms. The number of aromatic nitrogens is 1.